The predicted octanol–water partition coefficient (Wildman–Crippen LogP) is 0.220. The van der Waals surface area contributed by atoms with Crippen LogP contribution in [0.1, 0.15) is 19.8 Å². The Morgan fingerprint density at radius 2 is 2.14 bits per heavy atom. The van der Waals surface area contributed by atoms with Crippen LogP contribution < -0.4 is 5.73 Å². The van der Waals surface area contributed by atoms with Crippen LogP contribution in [-0.2, 0) is 9.53 Å². The molecule has 0 aromatic rings. The zero-order valence-corrected chi connectivity index (χ0v) is 9.08. The Kier molecular flexibility index (Phi) is 3.89. The standard InChI is InChI=1S/C10H20N2O2/c1-10(3-4-10)9(13)12(6-5-11)7-8-14-2/h3-8,11H2,1-2H3. The van der Waals surface area contributed by atoms with E-state index in [1.165, 1.54) is 0 Å². The molecule has 0 bridgehead atoms. The second-order valence-corrected chi connectivity index (χ2v) is 4.13. The molecule has 0 atom stereocenters. The van der Waals surface area contributed by atoms with Crippen LogP contribution in [0.25, 0.3) is 0 Å². The van der Waals surface area contributed by atoms with Gasteiger partial charge in [0.2, 0.25) is 5.91 Å². The molecule has 0 spiro atoms. The molecule has 4 nitrogen and oxygen atoms in total. The van der Waals surface area contributed by atoms with E-state index >= 15 is 0 Å². The highest BCUT2D eigenvalue weighted by molar-refractivity contribution is 5.84. The third-order valence-corrected chi connectivity index (χ3v) is 2.77. The van der Waals surface area contributed by atoms with Gasteiger partial charge in [0, 0.05) is 32.2 Å². The first-order chi connectivity index (χ1) is 6.64. The van der Waals surface area contributed by atoms with Crippen molar-refractivity contribution in [2.45, 2.75) is 19.8 Å². The first-order valence-corrected chi connectivity index (χ1v) is 5.12. The van der Waals surface area contributed by atoms with E-state index in [1.54, 1.807) is 7.11 Å². The lowest BCUT2D eigenvalue weighted by Gasteiger charge is -2.24. The minimum Gasteiger partial charge on any atom is -0.383 e. The van der Waals surface area contributed by atoms with E-state index in [0.29, 0.717) is 26.2 Å². The molecule has 1 amide bonds. The van der Waals surface area contributed by atoms with Crippen LogP contribution in [-0.4, -0.2) is 44.2 Å². The van der Waals surface area contributed by atoms with Crippen molar-refractivity contribution < 1.29 is 9.53 Å². The van der Waals surface area contributed by atoms with Gasteiger partial charge < -0.3 is 15.4 Å². The van der Waals surface area contributed by atoms with Gasteiger partial charge in [0.1, 0.15) is 0 Å². The van der Waals surface area contributed by atoms with Gasteiger partial charge in [-0.3, -0.25) is 4.79 Å². The number of ether oxygens (including phenoxy) is 1. The van der Waals surface area contributed by atoms with Gasteiger partial charge >= 0.3 is 0 Å². The molecule has 14 heavy (non-hydrogen) atoms. The van der Waals surface area contributed by atoms with Crippen LogP contribution in [0.2, 0.25) is 0 Å². The van der Waals surface area contributed by atoms with Crippen molar-refractivity contribution in [3.63, 3.8) is 0 Å². The maximum Gasteiger partial charge on any atom is 0.228 e. The molecule has 1 fully saturated rings. The van der Waals surface area contributed by atoms with E-state index in [1.807, 2.05) is 11.8 Å². The number of nitrogens with zero attached hydrogens (tertiary/aromatic N) is 1. The van der Waals surface area contributed by atoms with E-state index in [-0.39, 0.29) is 11.3 Å². The van der Waals surface area contributed by atoms with E-state index in [9.17, 15) is 4.79 Å². The maximum atomic E-state index is 11.9. The molecule has 2 N–H and O–H groups in total. The minimum absolute atomic E-state index is 0.0943. The van der Waals surface area contributed by atoms with Gasteiger partial charge in [-0.15, -0.1) is 0 Å². The summed E-state index contributed by atoms with van der Waals surface area (Å²) in [5.41, 5.74) is 5.37. The molecule has 82 valence electrons. The number of nitrogens with two attached hydrogens (primary N) is 1. The van der Waals surface area contributed by atoms with Crippen LogP contribution >= 0.6 is 0 Å². The molecule has 0 aliphatic heterocycles. The Bertz CT molecular complexity index is 202. The van der Waals surface area contributed by atoms with Gasteiger partial charge in [-0.25, -0.2) is 0 Å². The predicted molar refractivity (Wildman–Crippen MR) is 54.9 cm³/mol. The number of methoxy groups -OCH3 is 1. The average Bonchev–Trinajstić information content (AvgIpc) is 2.91. The van der Waals surface area contributed by atoms with E-state index in [0.717, 1.165) is 12.8 Å². The second kappa shape index (κ2) is 4.75. The number of amides is 1. The second-order valence-electron chi connectivity index (χ2n) is 4.13. The van der Waals surface area contributed by atoms with Gasteiger partial charge in [0.15, 0.2) is 0 Å². The zero-order chi connectivity index (χ0) is 10.6. The molecule has 0 heterocycles. The van der Waals surface area contributed by atoms with Crippen molar-refractivity contribution in [2.75, 3.05) is 33.4 Å². The first-order valence-electron chi connectivity index (χ1n) is 5.12. The Morgan fingerprint density at radius 3 is 2.57 bits per heavy atom. The quantitative estimate of drug-likeness (QED) is 0.667. The summed E-state index contributed by atoms with van der Waals surface area (Å²) >= 11 is 0. The summed E-state index contributed by atoms with van der Waals surface area (Å²) in [6.45, 7) is 4.42. The molecule has 1 saturated carbocycles. The van der Waals surface area contributed by atoms with Crippen LogP contribution in [0.15, 0.2) is 0 Å². The highest BCUT2D eigenvalue weighted by Crippen LogP contribution is 2.46. The fourth-order valence-corrected chi connectivity index (χ4v) is 1.46. The molecular formula is C10H20N2O2. The average molecular weight is 200 g/mol. The van der Waals surface area contributed by atoms with E-state index < -0.39 is 0 Å². The third kappa shape index (κ3) is 2.69. The largest absolute Gasteiger partial charge is 0.383 e. The SMILES string of the molecule is COCCN(CCN)C(=O)C1(C)CC1. The fourth-order valence-electron chi connectivity index (χ4n) is 1.46. The van der Waals surface area contributed by atoms with Crippen molar-refractivity contribution in [2.24, 2.45) is 11.1 Å². The lowest BCUT2D eigenvalue weighted by atomic mass is 10.1. The summed E-state index contributed by atoms with van der Waals surface area (Å²) in [7, 11) is 1.64. The minimum atomic E-state index is -0.0943. The molecule has 0 radical (unpaired) electrons. The fraction of sp³-hybridized carbons (Fsp3) is 0.900. The lowest BCUT2D eigenvalue weighted by molar-refractivity contribution is -0.136. The molecule has 0 saturated heterocycles. The van der Waals surface area contributed by atoms with Crippen LogP contribution in [0, 0.1) is 5.41 Å². The van der Waals surface area contributed by atoms with Crippen LogP contribution in [0.5, 0.6) is 0 Å². The summed E-state index contributed by atoms with van der Waals surface area (Å²) in [6, 6.07) is 0. The number of carbonyl (C=O) groups excluding carboxylic acids is 1. The van der Waals surface area contributed by atoms with Gasteiger partial charge in [-0.05, 0) is 12.8 Å². The summed E-state index contributed by atoms with van der Waals surface area (Å²) < 4.78 is 4.97. The molecule has 0 aromatic carbocycles. The van der Waals surface area contributed by atoms with Crippen LogP contribution in [0.3, 0.4) is 0 Å². The van der Waals surface area contributed by atoms with Crippen molar-refractivity contribution in [1.82, 2.24) is 4.90 Å². The molecule has 1 rings (SSSR count). The Labute approximate surface area is 85.4 Å². The van der Waals surface area contributed by atoms with Crippen molar-refractivity contribution in [1.29, 1.82) is 0 Å². The maximum absolute atomic E-state index is 11.9. The number of rotatable bonds is 6. The lowest BCUT2D eigenvalue weighted by Crippen LogP contribution is -2.41. The van der Waals surface area contributed by atoms with Crippen molar-refractivity contribution in [3.05, 3.63) is 0 Å². The van der Waals surface area contributed by atoms with Crippen LogP contribution in [0.4, 0.5) is 0 Å². The van der Waals surface area contributed by atoms with Crippen molar-refractivity contribution in [3.8, 4) is 0 Å². The number of hydrogen-bond donors (Lipinski definition) is 1. The monoisotopic (exact) mass is 200 g/mol. The summed E-state index contributed by atoms with van der Waals surface area (Å²) in [5, 5.41) is 0. The topological polar surface area (TPSA) is 55.6 Å². The van der Waals surface area contributed by atoms with Gasteiger partial charge in [-0.1, -0.05) is 6.92 Å². The smallest absolute Gasteiger partial charge is 0.228 e. The third-order valence-electron chi connectivity index (χ3n) is 2.77. The van der Waals surface area contributed by atoms with Gasteiger partial charge in [0.05, 0.1) is 6.61 Å². The summed E-state index contributed by atoms with van der Waals surface area (Å²) in [4.78, 5) is 13.8. The Hall–Kier alpha value is -0.610. The summed E-state index contributed by atoms with van der Waals surface area (Å²) in [5.74, 6) is 0.236. The molecule has 1 aliphatic rings. The highest BCUT2D eigenvalue weighted by atomic mass is 16.5. The summed E-state index contributed by atoms with van der Waals surface area (Å²) in [6.07, 6.45) is 2.03. The van der Waals surface area contributed by atoms with Gasteiger partial charge in [-0.2, -0.15) is 0 Å². The highest BCUT2D eigenvalue weighted by Gasteiger charge is 2.46. The number of carbonyl (C=O) groups is 1. The normalized spacial score (nSPS) is 17.9. The molecule has 0 unspecified atom stereocenters. The van der Waals surface area contributed by atoms with Gasteiger partial charge in [0.25, 0.3) is 0 Å². The number of hydrogen-bond acceptors (Lipinski definition) is 3. The van der Waals surface area contributed by atoms with Crippen molar-refractivity contribution >= 4 is 5.91 Å². The Morgan fingerprint density at radius 1 is 1.50 bits per heavy atom. The zero-order valence-electron chi connectivity index (χ0n) is 9.08. The molecule has 4 heteroatoms. The van der Waals surface area contributed by atoms with E-state index in [4.69, 9.17) is 10.5 Å². The molecular weight excluding hydrogens is 180 g/mol. The molecule has 1 aliphatic carbocycles. The first kappa shape index (κ1) is 11.5. The Balaban J connectivity index is 2.44. The van der Waals surface area contributed by atoms with E-state index in [2.05, 4.69) is 0 Å². The molecule has 0 aromatic heterocycles.